The molecule has 0 saturated heterocycles. The van der Waals surface area contributed by atoms with Crippen molar-refractivity contribution in [2.75, 3.05) is 5.32 Å². The molecule has 4 N–H and O–H groups in total. The third-order valence-electron chi connectivity index (χ3n) is 4.81. The molecule has 0 atom stereocenters. The van der Waals surface area contributed by atoms with Crippen LogP contribution in [0, 0.1) is 6.92 Å². The van der Waals surface area contributed by atoms with Gasteiger partial charge in [0.05, 0.1) is 11.3 Å². The van der Waals surface area contributed by atoms with Crippen molar-refractivity contribution < 1.29 is 9.59 Å². The minimum atomic E-state index is -0.264. The first-order valence-electron chi connectivity index (χ1n) is 8.92. The zero-order chi connectivity index (χ0) is 18.5. The van der Waals surface area contributed by atoms with E-state index in [4.69, 9.17) is 5.73 Å². The van der Waals surface area contributed by atoms with E-state index in [1.165, 1.54) is 0 Å². The highest BCUT2D eigenvalue weighted by atomic mass is 16.2. The van der Waals surface area contributed by atoms with Crippen LogP contribution in [0.15, 0.2) is 42.7 Å². The number of hydrogen-bond acceptors (Lipinski definition) is 4. The number of nitrogens with zero attached hydrogens (tertiary/aromatic N) is 1. The molecular formula is C20H24N4O2. The summed E-state index contributed by atoms with van der Waals surface area (Å²) in [6.07, 6.45) is 6.74. The van der Waals surface area contributed by atoms with Crippen molar-refractivity contribution in [2.24, 2.45) is 5.73 Å². The van der Waals surface area contributed by atoms with Gasteiger partial charge in [0.2, 0.25) is 0 Å². The van der Waals surface area contributed by atoms with Gasteiger partial charge in [-0.2, -0.15) is 0 Å². The van der Waals surface area contributed by atoms with E-state index < -0.39 is 0 Å². The van der Waals surface area contributed by atoms with Crippen LogP contribution in [0.1, 0.15) is 52.0 Å². The van der Waals surface area contributed by atoms with Crippen LogP contribution >= 0.6 is 0 Å². The number of benzene rings is 1. The van der Waals surface area contributed by atoms with Crippen LogP contribution in [0.2, 0.25) is 0 Å². The molecule has 1 saturated carbocycles. The molecule has 136 valence electrons. The maximum absolute atomic E-state index is 12.8. The molecule has 2 amide bonds. The van der Waals surface area contributed by atoms with E-state index in [9.17, 15) is 9.59 Å². The molecule has 1 aromatic heterocycles. The average molecular weight is 352 g/mol. The number of rotatable bonds is 4. The Hall–Kier alpha value is -2.73. The summed E-state index contributed by atoms with van der Waals surface area (Å²) in [6.45, 7) is 1.87. The first-order valence-corrected chi connectivity index (χ1v) is 8.92. The van der Waals surface area contributed by atoms with Crippen LogP contribution in [0.3, 0.4) is 0 Å². The van der Waals surface area contributed by atoms with Crippen LogP contribution in [-0.4, -0.2) is 28.9 Å². The monoisotopic (exact) mass is 352 g/mol. The third kappa shape index (κ3) is 4.26. The minimum Gasteiger partial charge on any atom is -0.349 e. The molecule has 1 heterocycles. The van der Waals surface area contributed by atoms with E-state index in [1.807, 2.05) is 19.1 Å². The number of nitrogens with two attached hydrogens (primary N) is 1. The largest absolute Gasteiger partial charge is 0.349 e. The first kappa shape index (κ1) is 18.1. The standard InChI is InChI=1S/C20H24N4O2/c1-13-3-2-4-17(20(26)23-16-7-5-15(21)6-8-16)18(13)24-19(25)14-9-11-22-12-10-14/h2-4,9-12,15-16H,5-8,21H2,1H3,(H,23,26)(H,24,25). The predicted octanol–water partition coefficient (Wildman–Crippen LogP) is 2.64. The topological polar surface area (TPSA) is 97.1 Å². The van der Waals surface area contributed by atoms with Gasteiger partial charge in [-0.3, -0.25) is 14.6 Å². The van der Waals surface area contributed by atoms with E-state index in [0.29, 0.717) is 16.8 Å². The lowest BCUT2D eigenvalue weighted by Crippen LogP contribution is -2.40. The summed E-state index contributed by atoms with van der Waals surface area (Å²) < 4.78 is 0. The van der Waals surface area contributed by atoms with Gasteiger partial charge in [-0.15, -0.1) is 0 Å². The fraction of sp³-hybridized carbons (Fsp3) is 0.350. The molecule has 26 heavy (non-hydrogen) atoms. The SMILES string of the molecule is Cc1cccc(C(=O)NC2CCC(N)CC2)c1NC(=O)c1ccncc1. The Morgan fingerprint density at radius 3 is 2.42 bits per heavy atom. The van der Waals surface area contributed by atoms with Crippen molar-refractivity contribution in [1.29, 1.82) is 0 Å². The summed E-state index contributed by atoms with van der Waals surface area (Å²) in [7, 11) is 0. The van der Waals surface area contributed by atoms with Gasteiger partial charge in [-0.1, -0.05) is 12.1 Å². The van der Waals surface area contributed by atoms with E-state index in [2.05, 4.69) is 15.6 Å². The van der Waals surface area contributed by atoms with Crippen LogP contribution < -0.4 is 16.4 Å². The van der Waals surface area contributed by atoms with Crippen LogP contribution in [0.25, 0.3) is 0 Å². The molecular weight excluding hydrogens is 328 g/mol. The van der Waals surface area contributed by atoms with E-state index in [1.54, 1.807) is 30.6 Å². The van der Waals surface area contributed by atoms with Crippen LogP contribution in [0.5, 0.6) is 0 Å². The molecule has 3 rings (SSSR count). The molecule has 1 aliphatic carbocycles. The van der Waals surface area contributed by atoms with Gasteiger partial charge < -0.3 is 16.4 Å². The molecule has 0 aliphatic heterocycles. The molecule has 1 aliphatic rings. The lowest BCUT2D eigenvalue weighted by molar-refractivity contribution is 0.0926. The Labute approximate surface area is 153 Å². The molecule has 6 heteroatoms. The van der Waals surface area contributed by atoms with Crippen LogP contribution in [-0.2, 0) is 0 Å². The van der Waals surface area contributed by atoms with Crippen LogP contribution in [0.4, 0.5) is 5.69 Å². The van der Waals surface area contributed by atoms with Crippen molar-refractivity contribution >= 4 is 17.5 Å². The smallest absolute Gasteiger partial charge is 0.255 e. The fourth-order valence-corrected chi connectivity index (χ4v) is 3.24. The van der Waals surface area contributed by atoms with Gasteiger partial charge >= 0.3 is 0 Å². The summed E-state index contributed by atoms with van der Waals surface area (Å²) in [5.74, 6) is -0.432. The van der Waals surface area contributed by atoms with Crippen molar-refractivity contribution in [1.82, 2.24) is 10.3 Å². The molecule has 0 radical (unpaired) electrons. The fourth-order valence-electron chi connectivity index (χ4n) is 3.24. The highest BCUT2D eigenvalue weighted by molar-refractivity contribution is 6.09. The van der Waals surface area contributed by atoms with Gasteiger partial charge in [-0.25, -0.2) is 0 Å². The Morgan fingerprint density at radius 1 is 1.04 bits per heavy atom. The molecule has 6 nitrogen and oxygen atoms in total. The summed E-state index contributed by atoms with van der Waals surface area (Å²) >= 11 is 0. The average Bonchev–Trinajstić information content (AvgIpc) is 2.65. The van der Waals surface area contributed by atoms with Crippen molar-refractivity contribution in [3.8, 4) is 0 Å². The highest BCUT2D eigenvalue weighted by Gasteiger charge is 2.22. The molecule has 0 unspecified atom stereocenters. The number of para-hydroxylation sites is 1. The van der Waals surface area contributed by atoms with E-state index >= 15 is 0 Å². The second-order valence-corrected chi connectivity index (χ2v) is 6.77. The summed E-state index contributed by atoms with van der Waals surface area (Å²) in [5.41, 5.74) is 8.28. The Bertz CT molecular complexity index is 784. The van der Waals surface area contributed by atoms with Crippen molar-refractivity contribution in [3.63, 3.8) is 0 Å². The minimum absolute atomic E-state index is 0.131. The predicted molar refractivity (Wildman–Crippen MR) is 101 cm³/mol. The number of aromatic nitrogens is 1. The van der Waals surface area contributed by atoms with Gasteiger partial charge in [-0.05, 0) is 56.4 Å². The lowest BCUT2D eigenvalue weighted by Gasteiger charge is -2.27. The molecule has 2 aromatic rings. The lowest BCUT2D eigenvalue weighted by atomic mass is 9.91. The number of pyridine rings is 1. The Kier molecular flexibility index (Phi) is 5.63. The number of nitrogens with one attached hydrogen (secondary N) is 2. The Morgan fingerprint density at radius 2 is 1.73 bits per heavy atom. The van der Waals surface area contributed by atoms with Gasteiger partial charge in [0.15, 0.2) is 0 Å². The second-order valence-electron chi connectivity index (χ2n) is 6.77. The molecule has 0 bridgehead atoms. The van der Waals surface area contributed by atoms with Gasteiger partial charge in [0.1, 0.15) is 0 Å². The zero-order valence-electron chi connectivity index (χ0n) is 14.9. The van der Waals surface area contributed by atoms with E-state index in [-0.39, 0.29) is 23.9 Å². The maximum atomic E-state index is 12.8. The molecule has 1 fully saturated rings. The first-order chi connectivity index (χ1) is 12.5. The Balaban J connectivity index is 1.76. The summed E-state index contributed by atoms with van der Waals surface area (Å²) in [5, 5.41) is 5.95. The normalized spacial score (nSPS) is 19.6. The number of anilines is 1. The number of aryl methyl sites for hydroxylation is 1. The number of amides is 2. The second kappa shape index (κ2) is 8.10. The number of hydrogen-bond donors (Lipinski definition) is 3. The molecule has 0 spiro atoms. The molecule has 1 aromatic carbocycles. The van der Waals surface area contributed by atoms with Gasteiger partial charge in [0, 0.05) is 30.0 Å². The van der Waals surface area contributed by atoms with Crippen molar-refractivity contribution in [3.05, 3.63) is 59.4 Å². The van der Waals surface area contributed by atoms with Gasteiger partial charge in [0.25, 0.3) is 11.8 Å². The zero-order valence-corrected chi connectivity index (χ0v) is 14.9. The number of carbonyl (C=O) groups is 2. The summed E-state index contributed by atoms with van der Waals surface area (Å²) in [4.78, 5) is 29.2. The highest BCUT2D eigenvalue weighted by Crippen LogP contribution is 2.23. The summed E-state index contributed by atoms with van der Waals surface area (Å²) in [6, 6.07) is 9.07. The quantitative estimate of drug-likeness (QED) is 0.788. The van der Waals surface area contributed by atoms with E-state index in [0.717, 1.165) is 31.2 Å². The van der Waals surface area contributed by atoms with Crippen molar-refractivity contribution in [2.45, 2.75) is 44.7 Å². The number of carbonyl (C=O) groups excluding carboxylic acids is 2. The third-order valence-corrected chi connectivity index (χ3v) is 4.81. The maximum Gasteiger partial charge on any atom is 0.255 e.